The van der Waals surface area contributed by atoms with E-state index in [1.807, 2.05) is 96.1 Å². The lowest BCUT2D eigenvalue weighted by atomic mass is 9.85. The number of carbonyl (C=O) groups excluding carboxylic acids is 3. The number of nitrogens with zero attached hydrogens (tertiary/aromatic N) is 12. The van der Waals surface area contributed by atoms with Crippen LogP contribution in [0.25, 0.3) is 51.7 Å². The number of aromatic nitrogens is 10. The SMILES string of the molecule is BrCc1cc2nccnc2s1.CCOC(=O)c1cc2nccnc2s1.Cc1ccc(NC(=O)c2cccc(C(C)(C)C#N)c2)cc1N.Cc1ccc(NC(=O)c2cccc(C(C)(C)C#N)c2)cc1NCc1cc2nccnc2s1.Cl.O=C(O)c1cc2nccnc2s1.OCc1cc2nccnc2s1. The first-order valence-corrected chi connectivity index (χ1v) is 36.2. The van der Waals surface area contributed by atoms with Crippen LogP contribution in [0.2, 0.25) is 0 Å². The van der Waals surface area contributed by atoms with Crippen molar-refractivity contribution in [1.82, 2.24) is 49.8 Å². The Kier molecular flexibility index (Phi) is 27.8. The molecule has 0 spiro atoms. The number of benzene rings is 4. The number of nitrogen functional groups attached to an aromatic ring is 1. The Balaban J connectivity index is 0.000000165. The number of esters is 1. The fraction of sp³-hybridized carbons (Fsp3) is 0.178. The number of fused-ring (bicyclic) bond motifs is 5. The molecule has 23 nitrogen and oxygen atoms in total. The second kappa shape index (κ2) is 36.7. The summed E-state index contributed by atoms with van der Waals surface area (Å²) in [6, 6.07) is 39.2. The molecule has 524 valence electrons. The first kappa shape index (κ1) is 78.0. The normalized spacial score (nSPS) is 10.7. The van der Waals surface area contributed by atoms with Crippen LogP contribution < -0.4 is 21.7 Å². The number of halogens is 2. The second-order valence-corrected chi connectivity index (χ2v) is 28.9. The van der Waals surface area contributed by atoms with Crippen molar-refractivity contribution in [2.75, 3.05) is 28.3 Å². The van der Waals surface area contributed by atoms with E-state index in [4.69, 9.17) is 20.7 Å². The van der Waals surface area contributed by atoms with Gasteiger partial charge in [0.25, 0.3) is 11.8 Å². The number of anilines is 4. The minimum atomic E-state index is -0.931. The van der Waals surface area contributed by atoms with E-state index in [2.05, 4.69) is 99.9 Å². The van der Waals surface area contributed by atoms with Crippen LogP contribution >= 0.6 is 85.0 Å². The Labute approximate surface area is 626 Å². The maximum Gasteiger partial charge on any atom is 0.348 e. The molecule has 10 aromatic heterocycles. The number of aliphatic hydroxyl groups excluding tert-OH is 1. The molecule has 14 aromatic rings. The Morgan fingerprint density at radius 2 is 0.922 bits per heavy atom. The average Bonchev–Trinajstić information content (AvgIpc) is 1.80. The number of thiophene rings is 5. The van der Waals surface area contributed by atoms with Gasteiger partial charge < -0.3 is 36.6 Å². The average molecular weight is 1560 g/mol. The number of nitrogens with two attached hydrogens (primary N) is 1. The molecular weight excluding hydrogens is 1490 g/mol. The number of aryl methyl sites for hydroxylation is 2. The van der Waals surface area contributed by atoms with Gasteiger partial charge in [0.2, 0.25) is 0 Å². The van der Waals surface area contributed by atoms with Crippen molar-refractivity contribution in [2.45, 2.75) is 77.8 Å². The molecule has 4 aromatic carbocycles. The molecule has 0 aliphatic heterocycles. The molecule has 2 amide bonds. The predicted molar refractivity (Wildman–Crippen MR) is 416 cm³/mol. The summed E-state index contributed by atoms with van der Waals surface area (Å²) in [6.45, 7) is 14.1. The van der Waals surface area contributed by atoms with Crippen LogP contribution in [0.1, 0.15) is 112 Å². The molecule has 0 bridgehead atoms. The number of amides is 2. The number of carbonyl (C=O) groups is 4. The second-order valence-electron chi connectivity index (χ2n) is 22.9. The number of alkyl halides is 1. The van der Waals surface area contributed by atoms with E-state index in [-0.39, 0.29) is 41.7 Å². The number of nitriles is 2. The number of hydrogen-bond donors (Lipinski definition) is 6. The van der Waals surface area contributed by atoms with Crippen molar-refractivity contribution in [1.29, 1.82) is 10.5 Å². The highest BCUT2D eigenvalue weighted by atomic mass is 79.9. The minimum Gasteiger partial charge on any atom is -0.477 e. The third kappa shape index (κ3) is 21.4. The van der Waals surface area contributed by atoms with E-state index in [9.17, 15) is 29.7 Å². The number of carboxylic acid groups (broad SMARTS) is 1. The lowest BCUT2D eigenvalue weighted by Gasteiger charge is -2.17. The largest absolute Gasteiger partial charge is 0.477 e. The Morgan fingerprint density at radius 1 is 0.524 bits per heavy atom. The van der Waals surface area contributed by atoms with Gasteiger partial charge in [-0.3, -0.25) is 34.5 Å². The first-order valence-electron chi connectivity index (χ1n) is 31.0. The van der Waals surface area contributed by atoms with Gasteiger partial charge in [0.15, 0.2) is 0 Å². The van der Waals surface area contributed by atoms with Crippen molar-refractivity contribution in [2.24, 2.45) is 0 Å². The van der Waals surface area contributed by atoms with Crippen LogP contribution in [-0.2, 0) is 34.0 Å². The first-order chi connectivity index (χ1) is 49.1. The van der Waals surface area contributed by atoms with Crippen LogP contribution in [-0.4, -0.2) is 90.4 Å². The van der Waals surface area contributed by atoms with Gasteiger partial charge in [-0.1, -0.05) is 52.3 Å². The number of nitrogens with one attached hydrogen (secondary N) is 3. The van der Waals surface area contributed by atoms with E-state index in [1.54, 1.807) is 140 Å². The highest BCUT2D eigenvalue weighted by Gasteiger charge is 2.23. The predicted octanol–water partition coefficient (Wildman–Crippen LogP) is 16.7. The third-order valence-corrected chi connectivity index (χ3v) is 20.8. The summed E-state index contributed by atoms with van der Waals surface area (Å²) >= 11 is 10.6. The molecule has 0 saturated heterocycles. The van der Waals surface area contributed by atoms with Gasteiger partial charge in [0.05, 0.1) is 36.2 Å². The summed E-state index contributed by atoms with van der Waals surface area (Å²) in [5.74, 6) is -1.67. The molecule has 103 heavy (non-hydrogen) atoms. The summed E-state index contributed by atoms with van der Waals surface area (Å²) in [6.07, 6.45) is 16.4. The molecule has 0 saturated carbocycles. The number of rotatable bonds is 14. The Hall–Kier alpha value is -10.7. The summed E-state index contributed by atoms with van der Waals surface area (Å²) in [7, 11) is 0. The zero-order chi connectivity index (χ0) is 72.9. The summed E-state index contributed by atoms with van der Waals surface area (Å²) in [4.78, 5) is 96.8. The van der Waals surface area contributed by atoms with Crippen molar-refractivity contribution < 1.29 is 34.1 Å². The summed E-state index contributed by atoms with van der Waals surface area (Å²) in [5.41, 5.74) is 16.3. The monoisotopic (exact) mass is 1550 g/mol. The fourth-order valence-corrected chi connectivity index (χ4v) is 13.7. The fourth-order valence-electron chi connectivity index (χ4n) is 9.07. The number of ether oxygens (including phenoxy) is 1. The summed E-state index contributed by atoms with van der Waals surface area (Å²) in [5, 5.41) is 46.1. The Morgan fingerprint density at radius 3 is 1.35 bits per heavy atom. The van der Waals surface area contributed by atoms with Gasteiger partial charge in [0.1, 0.15) is 61.5 Å². The maximum atomic E-state index is 12.8. The lowest BCUT2D eigenvalue weighted by molar-refractivity contribution is 0.0531. The van der Waals surface area contributed by atoms with Gasteiger partial charge in [0, 0.05) is 122 Å². The van der Waals surface area contributed by atoms with Crippen molar-refractivity contribution >= 4 is 183 Å². The zero-order valence-electron chi connectivity index (χ0n) is 56.3. The third-order valence-electron chi connectivity index (χ3n) is 14.7. The quantitative estimate of drug-likeness (QED) is 0.0334. The van der Waals surface area contributed by atoms with Crippen LogP contribution in [0.15, 0.2) is 177 Å². The molecule has 0 atom stereocenters. The van der Waals surface area contributed by atoms with Crippen LogP contribution in [0.4, 0.5) is 22.7 Å². The lowest BCUT2D eigenvalue weighted by Crippen LogP contribution is -2.17. The molecule has 10 heterocycles. The maximum absolute atomic E-state index is 12.8. The van der Waals surface area contributed by atoms with Crippen LogP contribution in [0.3, 0.4) is 0 Å². The molecule has 0 aliphatic carbocycles. The zero-order valence-corrected chi connectivity index (χ0v) is 62.8. The van der Waals surface area contributed by atoms with Gasteiger partial charge in [-0.2, -0.15) is 10.5 Å². The van der Waals surface area contributed by atoms with Gasteiger partial charge in [-0.05, 0) is 150 Å². The van der Waals surface area contributed by atoms with Gasteiger partial charge in [-0.25, -0.2) is 34.5 Å². The topological polar surface area (TPSA) is 357 Å². The molecular formula is C73H66BrClN16O7S5. The van der Waals surface area contributed by atoms with Gasteiger partial charge >= 0.3 is 11.9 Å². The van der Waals surface area contributed by atoms with Crippen LogP contribution in [0.5, 0.6) is 0 Å². The molecule has 0 fully saturated rings. The number of aliphatic hydroxyl groups is 1. The molecule has 0 unspecified atom stereocenters. The highest BCUT2D eigenvalue weighted by Crippen LogP contribution is 2.30. The molecule has 14 rings (SSSR count). The van der Waals surface area contributed by atoms with E-state index < -0.39 is 16.8 Å². The minimum absolute atomic E-state index is 0. The molecule has 0 radical (unpaired) electrons. The van der Waals surface area contributed by atoms with Crippen molar-refractivity contribution in [3.63, 3.8) is 0 Å². The van der Waals surface area contributed by atoms with E-state index >= 15 is 0 Å². The Bertz CT molecular complexity index is 5140. The smallest absolute Gasteiger partial charge is 0.348 e. The van der Waals surface area contributed by atoms with E-state index in [1.165, 1.54) is 33.6 Å². The number of carboxylic acids is 1. The van der Waals surface area contributed by atoms with E-state index in [0.717, 1.165) is 95.8 Å². The summed E-state index contributed by atoms with van der Waals surface area (Å²) < 4.78 is 4.87. The van der Waals surface area contributed by atoms with E-state index in [0.29, 0.717) is 56.6 Å². The highest BCUT2D eigenvalue weighted by molar-refractivity contribution is 9.08. The standard InChI is InChI=1S/C25H23N5OS.C18H19N3O.C9H8N2O2S.C7H5BrN2S.C7H4N2O2S.C7H6N2OS.ClH/c1-16-7-8-19(30-23(31)17-5-4-6-18(11-17)25(2,3)15-26)12-21(16)29-14-20-13-22-24(32-20)28-10-9-27-22;1-12-7-8-15(10-16(12)20)21-17(22)13-5-4-6-14(9-13)18(2,3)11-19;1-2-13-9(12)7-5-6-8(14-7)11-4-3-10-6;8-4-5-3-6-7(11-5)10-2-1-9-6;10-7(11)5-3-4-6(12-5)9-2-1-8-4;10-4-5-3-6-7(11-5)9-2-1-8-6;/h4-13,29H,14H2,1-3H3,(H,30,31);4-10H,20H2,1-3H3,(H,21,22);3-5H,2H2,1H3;1-3H,4H2;1-3H,(H,10,11);1-3,10H,4H2;1H. The molecule has 30 heteroatoms. The van der Waals surface area contributed by atoms with Gasteiger partial charge in [-0.15, -0.1) is 69.1 Å². The van der Waals surface area contributed by atoms with Crippen molar-refractivity contribution in [3.8, 4) is 12.1 Å². The van der Waals surface area contributed by atoms with Crippen molar-refractivity contribution in [3.05, 3.63) is 235 Å². The van der Waals surface area contributed by atoms with Crippen LogP contribution in [0, 0.1) is 36.5 Å². The number of aromatic carboxylic acids is 1. The molecule has 7 N–H and O–H groups in total. The number of hydrogen-bond acceptors (Lipinski definition) is 25. The molecule has 0 aliphatic rings.